The summed E-state index contributed by atoms with van der Waals surface area (Å²) in [5.41, 5.74) is 3.38. The number of fused-ring (bicyclic) bond motifs is 1. The van der Waals surface area contributed by atoms with Crippen LogP contribution in [0.1, 0.15) is 43.5 Å². The lowest BCUT2D eigenvalue weighted by Crippen LogP contribution is -2.34. The average Bonchev–Trinajstić information content (AvgIpc) is 3.10. The zero-order valence-electron chi connectivity index (χ0n) is 17.0. The highest BCUT2D eigenvalue weighted by Crippen LogP contribution is 2.40. The molecule has 0 radical (unpaired) electrons. The van der Waals surface area contributed by atoms with Gasteiger partial charge in [-0.05, 0) is 79.5 Å². The number of hydrogen-bond acceptors (Lipinski definition) is 2. The van der Waals surface area contributed by atoms with Crippen LogP contribution in [-0.2, 0) is 12.8 Å². The molecule has 2 atom stereocenters. The van der Waals surface area contributed by atoms with Crippen molar-refractivity contribution < 1.29 is 9.50 Å². The molecule has 0 fully saturated rings. The average molecular weight is 391 g/mol. The topological polar surface area (TPSA) is 38.1 Å². The highest BCUT2D eigenvalue weighted by molar-refractivity contribution is 5.57. The molecule has 1 aliphatic rings. The monoisotopic (exact) mass is 390 g/mol. The van der Waals surface area contributed by atoms with Gasteiger partial charge in [-0.3, -0.25) is 0 Å². The van der Waals surface area contributed by atoms with Gasteiger partial charge in [0.2, 0.25) is 0 Å². The van der Waals surface area contributed by atoms with Gasteiger partial charge in [-0.2, -0.15) is 5.10 Å². The van der Waals surface area contributed by atoms with Gasteiger partial charge in [0.05, 0.1) is 23.2 Å². The first-order chi connectivity index (χ1) is 13.8. The van der Waals surface area contributed by atoms with Crippen LogP contribution in [0.15, 0.2) is 66.9 Å². The van der Waals surface area contributed by atoms with E-state index in [0.717, 1.165) is 36.2 Å². The van der Waals surface area contributed by atoms with Crippen LogP contribution in [0.3, 0.4) is 0 Å². The number of aliphatic hydroxyl groups is 1. The number of aromatic nitrogens is 2. The minimum Gasteiger partial charge on any atom is -0.390 e. The van der Waals surface area contributed by atoms with E-state index in [-0.39, 0.29) is 11.2 Å². The molecule has 0 bridgehead atoms. The molecule has 1 aromatic heterocycles. The Hall–Kier alpha value is -2.72. The molecule has 0 saturated heterocycles. The number of allylic oxidation sites excluding steroid dienone is 1. The Bertz CT molecular complexity index is 1010. The van der Waals surface area contributed by atoms with E-state index in [1.807, 2.05) is 36.0 Å². The Morgan fingerprint density at radius 2 is 1.86 bits per heavy atom. The smallest absolute Gasteiger partial charge is 0.123 e. The summed E-state index contributed by atoms with van der Waals surface area (Å²) in [5.74, 6) is -0.254. The van der Waals surface area contributed by atoms with Gasteiger partial charge in [-0.15, -0.1) is 0 Å². The van der Waals surface area contributed by atoms with Crippen LogP contribution in [0.4, 0.5) is 4.39 Å². The van der Waals surface area contributed by atoms with Crippen molar-refractivity contribution in [1.29, 1.82) is 0 Å². The summed E-state index contributed by atoms with van der Waals surface area (Å²) in [5, 5.41) is 15.6. The Balaban J connectivity index is 1.47. The molecule has 1 aliphatic carbocycles. The minimum atomic E-state index is -0.751. The molecule has 1 heterocycles. The molecule has 3 nitrogen and oxygen atoms in total. The van der Waals surface area contributed by atoms with Crippen LogP contribution in [-0.4, -0.2) is 20.5 Å². The van der Waals surface area contributed by atoms with Gasteiger partial charge < -0.3 is 5.11 Å². The van der Waals surface area contributed by atoms with Gasteiger partial charge in [-0.1, -0.05) is 43.3 Å². The second kappa shape index (κ2) is 7.60. The lowest BCUT2D eigenvalue weighted by atomic mass is 9.71. The van der Waals surface area contributed by atoms with Crippen molar-refractivity contribution in [1.82, 2.24) is 9.78 Å². The van der Waals surface area contributed by atoms with E-state index in [1.54, 1.807) is 12.1 Å². The van der Waals surface area contributed by atoms with Gasteiger partial charge in [0.15, 0.2) is 0 Å². The molecule has 4 heteroatoms. The number of rotatable bonds is 6. The van der Waals surface area contributed by atoms with E-state index in [9.17, 15) is 9.50 Å². The van der Waals surface area contributed by atoms with Crippen molar-refractivity contribution >= 4 is 6.08 Å². The maximum Gasteiger partial charge on any atom is 0.123 e. The predicted octanol–water partition coefficient (Wildman–Crippen LogP) is 5.36. The molecular formula is C25H27FN2O. The summed E-state index contributed by atoms with van der Waals surface area (Å²) in [6, 6.07) is 16.7. The number of benzene rings is 2. The predicted molar refractivity (Wildman–Crippen MR) is 114 cm³/mol. The zero-order chi connectivity index (χ0) is 20.5. The summed E-state index contributed by atoms with van der Waals surface area (Å²) in [6.45, 7) is 4.13. The third-order valence-corrected chi connectivity index (χ3v) is 5.78. The molecule has 0 spiro atoms. The highest BCUT2D eigenvalue weighted by atomic mass is 19.1. The summed E-state index contributed by atoms with van der Waals surface area (Å²) < 4.78 is 15.1. The molecule has 2 aromatic carbocycles. The number of halogens is 1. The van der Waals surface area contributed by atoms with Crippen molar-refractivity contribution in [2.75, 3.05) is 0 Å². The van der Waals surface area contributed by atoms with Crippen LogP contribution in [0.2, 0.25) is 0 Å². The van der Waals surface area contributed by atoms with E-state index in [0.29, 0.717) is 6.42 Å². The Morgan fingerprint density at radius 3 is 2.59 bits per heavy atom. The van der Waals surface area contributed by atoms with Crippen molar-refractivity contribution in [3.63, 3.8) is 0 Å². The van der Waals surface area contributed by atoms with Gasteiger partial charge in [0, 0.05) is 0 Å². The summed E-state index contributed by atoms with van der Waals surface area (Å²) in [7, 11) is 0. The van der Waals surface area contributed by atoms with E-state index in [4.69, 9.17) is 0 Å². The Labute approximate surface area is 171 Å². The van der Waals surface area contributed by atoms with Crippen molar-refractivity contribution in [2.24, 2.45) is 5.41 Å². The maximum atomic E-state index is 13.2. The zero-order valence-corrected chi connectivity index (χ0v) is 17.0. The fourth-order valence-corrected chi connectivity index (χ4v) is 4.41. The molecule has 1 unspecified atom stereocenters. The fraction of sp³-hybridized carbons (Fsp3) is 0.320. The Kier molecular flexibility index (Phi) is 5.13. The third-order valence-electron chi connectivity index (χ3n) is 5.78. The molecule has 3 aromatic rings. The second-order valence-electron chi connectivity index (χ2n) is 8.77. The number of nitrogens with zero attached hydrogens (tertiary/aromatic N) is 2. The molecule has 1 N–H and O–H groups in total. The van der Waals surface area contributed by atoms with Crippen LogP contribution in [0.5, 0.6) is 0 Å². The van der Waals surface area contributed by atoms with Gasteiger partial charge in [0.1, 0.15) is 5.82 Å². The quantitative estimate of drug-likeness (QED) is 0.615. The van der Waals surface area contributed by atoms with Crippen molar-refractivity contribution in [2.45, 2.75) is 45.1 Å². The lowest BCUT2D eigenvalue weighted by molar-refractivity contribution is 0.0139. The van der Waals surface area contributed by atoms with Crippen LogP contribution >= 0.6 is 0 Å². The fourth-order valence-electron chi connectivity index (χ4n) is 4.41. The van der Waals surface area contributed by atoms with E-state index in [2.05, 4.69) is 36.3 Å². The summed E-state index contributed by atoms with van der Waals surface area (Å²) in [4.78, 5) is 0. The molecule has 0 amide bonds. The summed E-state index contributed by atoms with van der Waals surface area (Å²) in [6.07, 6.45) is 9.26. The first kappa shape index (κ1) is 19.6. The molecule has 0 aliphatic heterocycles. The summed E-state index contributed by atoms with van der Waals surface area (Å²) >= 11 is 0. The highest BCUT2D eigenvalue weighted by Gasteiger charge is 2.35. The number of hydrogen-bond donors (Lipinski definition) is 1. The number of aryl methyl sites for hydroxylation is 1. The van der Waals surface area contributed by atoms with E-state index in [1.165, 1.54) is 17.7 Å². The van der Waals surface area contributed by atoms with E-state index < -0.39 is 5.60 Å². The first-order valence-electron chi connectivity index (χ1n) is 10.1. The standard InChI is InChI=1S/C25H27FN2O/c1-24(18-25(2,29)15-12-19-6-4-3-5-7-19)14-13-23-20(16-24)17-27-28(23)22-10-8-21(26)9-11-22/h3-11,13-14,17,29H,12,15-16,18H2,1-2H3/t24?,25-/m1/s1. The molecule has 4 rings (SSSR count). The maximum absolute atomic E-state index is 13.2. The largest absolute Gasteiger partial charge is 0.390 e. The van der Waals surface area contributed by atoms with Gasteiger partial charge >= 0.3 is 0 Å². The second-order valence-corrected chi connectivity index (χ2v) is 8.77. The molecule has 150 valence electrons. The first-order valence-corrected chi connectivity index (χ1v) is 10.1. The minimum absolute atomic E-state index is 0.135. The Morgan fingerprint density at radius 1 is 1.14 bits per heavy atom. The van der Waals surface area contributed by atoms with E-state index >= 15 is 0 Å². The van der Waals surface area contributed by atoms with Crippen LogP contribution in [0, 0.1) is 11.2 Å². The van der Waals surface area contributed by atoms with Crippen molar-refractivity contribution in [3.8, 4) is 5.69 Å². The third kappa shape index (κ3) is 4.48. The van der Waals surface area contributed by atoms with Gasteiger partial charge in [0.25, 0.3) is 0 Å². The SMILES string of the molecule is CC1(C[C@](C)(O)CCc2ccccc2)C=Cc2c(cnn2-c2ccc(F)cc2)C1. The molecule has 0 saturated carbocycles. The molecule has 29 heavy (non-hydrogen) atoms. The van der Waals surface area contributed by atoms with Crippen LogP contribution in [0.25, 0.3) is 11.8 Å². The molecular weight excluding hydrogens is 363 g/mol. The van der Waals surface area contributed by atoms with Crippen LogP contribution < -0.4 is 0 Å². The lowest BCUT2D eigenvalue weighted by Gasteiger charge is -2.36. The normalized spacial score (nSPS) is 20.3. The van der Waals surface area contributed by atoms with Crippen molar-refractivity contribution in [3.05, 3.63) is 89.5 Å². The van der Waals surface area contributed by atoms with Gasteiger partial charge in [-0.25, -0.2) is 9.07 Å².